The maximum absolute atomic E-state index is 9.68. The molecule has 0 atom stereocenters. The van der Waals surface area contributed by atoms with E-state index >= 15 is 0 Å². The third-order valence-corrected chi connectivity index (χ3v) is 2.52. The summed E-state index contributed by atoms with van der Waals surface area (Å²) in [5.41, 5.74) is -0.535. The zero-order chi connectivity index (χ0) is 7.61. The normalized spacial score (nSPS) is 41.2. The van der Waals surface area contributed by atoms with Gasteiger partial charge in [-0.2, -0.15) is 0 Å². The van der Waals surface area contributed by atoms with Crippen molar-refractivity contribution in [3.8, 4) is 0 Å². The zero-order valence-corrected chi connectivity index (χ0v) is 6.64. The summed E-state index contributed by atoms with van der Waals surface area (Å²) in [4.78, 5) is 0. The molecule has 0 radical (unpaired) electrons. The average Bonchev–Trinajstić information content (AvgIpc) is 1.96. The lowest BCUT2D eigenvalue weighted by Crippen LogP contribution is -2.30. The maximum atomic E-state index is 9.68. The molecule has 0 aromatic carbocycles. The summed E-state index contributed by atoms with van der Waals surface area (Å²) in [7, 11) is 0. The van der Waals surface area contributed by atoms with Gasteiger partial charge in [-0.3, -0.25) is 0 Å². The molecule has 10 heavy (non-hydrogen) atoms. The summed E-state index contributed by atoms with van der Waals surface area (Å²) in [6.07, 6.45) is 5.78. The first-order chi connectivity index (χ1) is 4.66. The van der Waals surface area contributed by atoms with Crippen molar-refractivity contribution in [3.63, 3.8) is 0 Å². The largest absolute Gasteiger partial charge is 0.386 e. The summed E-state index contributed by atoms with van der Waals surface area (Å²) in [6, 6.07) is 0. The molecule has 0 aliphatic heterocycles. The SMILES string of the molecule is C=CC1(O)CCC(C)CC1. The lowest BCUT2D eigenvalue weighted by Gasteiger charge is -2.31. The number of aliphatic hydroxyl groups is 1. The Bertz CT molecular complexity index is 121. The van der Waals surface area contributed by atoms with Crippen LogP contribution in [-0.2, 0) is 0 Å². The molecule has 0 aromatic rings. The van der Waals surface area contributed by atoms with Crippen molar-refractivity contribution in [1.82, 2.24) is 0 Å². The molecule has 0 bridgehead atoms. The van der Waals surface area contributed by atoms with E-state index in [4.69, 9.17) is 0 Å². The van der Waals surface area contributed by atoms with Crippen molar-refractivity contribution in [2.75, 3.05) is 0 Å². The second-order valence-electron chi connectivity index (χ2n) is 3.49. The van der Waals surface area contributed by atoms with Gasteiger partial charge in [0.1, 0.15) is 0 Å². The van der Waals surface area contributed by atoms with Crippen molar-refractivity contribution < 1.29 is 5.11 Å². The van der Waals surface area contributed by atoms with E-state index in [0.717, 1.165) is 31.6 Å². The second kappa shape index (κ2) is 2.75. The van der Waals surface area contributed by atoms with Crippen molar-refractivity contribution in [2.24, 2.45) is 5.92 Å². The Morgan fingerprint density at radius 3 is 2.40 bits per heavy atom. The molecule has 1 fully saturated rings. The van der Waals surface area contributed by atoms with Gasteiger partial charge in [0.05, 0.1) is 5.60 Å². The fraction of sp³-hybridized carbons (Fsp3) is 0.778. The van der Waals surface area contributed by atoms with Gasteiger partial charge in [0, 0.05) is 0 Å². The van der Waals surface area contributed by atoms with Crippen LogP contribution in [0.1, 0.15) is 32.6 Å². The molecule has 0 amide bonds. The summed E-state index contributed by atoms with van der Waals surface area (Å²) in [5.74, 6) is 0.792. The highest BCUT2D eigenvalue weighted by atomic mass is 16.3. The Morgan fingerprint density at radius 1 is 1.50 bits per heavy atom. The van der Waals surface area contributed by atoms with Crippen molar-refractivity contribution in [1.29, 1.82) is 0 Å². The van der Waals surface area contributed by atoms with Crippen LogP contribution in [0.5, 0.6) is 0 Å². The maximum Gasteiger partial charge on any atom is 0.0825 e. The average molecular weight is 140 g/mol. The van der Waals surface area contributed by atoms with E-state index in [0.29, 0.717) is 0 Å². The monoisotopic (exact) mass is 140 g/mol. The van der Waals surface area contributed by atoms with E-state index in [9.17, 15) is 5.11 Å². The van der Waals surface area contributed by atoms with Crippen molar-refractivity contribution in [3.05, 3.63) is 12.7 Å². The van der Waals surface area contributed by atoms with Crippen LogP contribution in [-0.4, -0.2) is 10.7 Å². The van der Waals surface area contributed by atoms with Crippen LogP contribution in [0.2, 0.25) is 0 Å². The molecule has 0 saturated heterocycles. The molecule has 1 rings (SSSR count). The van der Waals surface area contributed by atoms with Gasteiger partial charge in [-0.25, -0.2) is 0 Å². The van der Waals surface area contributed by atoms with Crippen LogP contribution in [0.4, 0.5) is 0 Å². The molecular weight excluding hydrogens is 124 g/mol. The number of hydrogen-bond donors (Lipinski definition) is 1. The molecule has 1 aliphatic carbocycles. The van der Waals surface area contributed by atoms with E-state index in [1.807, 2.05) is 0 Å². The first-order valence-corrected chi connectivity index (χ1v) is 4.02. The molecule has 1 N–H and O–H groups in total. The molecular formula is C9H16O. The van der Waals surface area contributed by atoms with Crippen LogP contribution >= 0.6 is 0 Å². The molecule has 0 heterocycles. The second-order valence-corrected chi connectivity index (χ2v) is 3.49. The highest BCUT2D eigenvalue weighted by Gasteiger charge is 2.27. The summed E-state index contributed by atoms with van der Waals surface area (Å²) in [5, 5.41) is 9.68. The minimum absolute atomic E-state index is 0.535. The van der Waals surface area contributed by atoms with E-state index in [1.165, 1.54) is 0 Å². The molecule has 0 unspecified atom stereocenters. The molecule has 0 spiro atoms. The predicted molar refractivity (Wildman–Crippen MR) is 42.8 cm³/mol. The lowest BCUT2D eigenvalue weighted by atomic mass is 9.80. The van der Waals surface area contributed by atoms with E-state index in [2.05, 4.69) is 13.5 Å². The third-order valence-electron chi connectivity index (χ3n) is 2.52. The minimum Gasteiger partial charge on any atom is -0.386 e. The van der Waals surface area contributed by atoms with Gasteiger partial charge in [0.15, 0.2) is 0 Å². The van der Waals surface area contributed by atoms with E-state index < -0.39 is 5.60 Å². The first-order valence-electron chi connectivity index (χ1n) is 4.02. The minimum atomic E-state index is -0.535. The fourth-order valence-electron chi connectivity index (χ4n) is 1.47. The molecule has 58 valence electrons. The topological polar surface area (TPSA) is 20.2 Å². The van der Waals surface area contributed by atoms with Gasteiger partial charge in [-0.1, -0.05) is 13.0 Å². The van der Waals surface area contributed by atoms with Crippen LogP contribution < -0.4 is 0 Å². The number of hydrogen-bond acceptors (Lipinski definition) is 1. The standard InChI is InChI=1S/C9H16O/c1-3-9(10)6-4-8(2)5-7-9/h3,8,10H,1,4-7H2,2H3. The van der Waals surface area contributed by atoms with Gasteiger partial charge < -0.3 is 5.11 Å². The van der Waals surface area contributed by atoms with Crippen molar-refractivity contribution >= 4 is 0 Å². The Labute approximate surface area is 62.8 Å². The van der Waals surface area contributed by atoms with E-state index in [1.54, 1.807) is 6.08 Å². The van der Waals surface area contributed by atoms with Crippen LogP contribution in [0, 0.1) is 5.92 Å². The smallest absolute Gasteiger partial charge is 0.0825 e. The van der Waals surface area contributed by atoms with Crippen LogP contribution in [0.15, 0.2) is 12.7 Å². The summed E-state index contributed by atoms with van der Waals surface area (Å²) >= 11 is 0. The zero-order valence-electron chi connectivity index (χ0n) is 6.64. The number of rotatable bonds is 1. The Balaban J connectivity index is 2.46. The molecule has 0 aromatic heterocycles. The Hall–Kier alpha value is -0.300. The highest BCUT2D eigenvalue weighted by molar-refractivity contribution is 4.98. The molecule has 1 nitrogen and oxygen atoms in total. The van der Waals surface area contributed by atoms with Gasteiger partial charge in [0.2, 0.25) is 0 Å². The fourth-order valence-corrected chi connectivity index (χ4v) is 1.47. The third kappa shape index (κ3) is 1.60. The van der Waals surface area contributed by atoms with E-state index in [-0.39, 0.29) is 0 Å². The quantitative estimate of drug-likeness (QED) is 0.553. The van der Waals surface area contributed by atoms with Gasteiger partial charge in [-0.05, 0) is 31.6 Å². The summed E-state index contributed by atoms with van der Waals surface area (Å²) in [6.45, 7) is 5.87. The first kappa shape index (κ1) is 7.80. The summed E-state index contributed by atoms with van der Waals surface area (Å²) < 4.78 is 0. The van der Waals surface area contributed by atoms with Crippen LogP contribution in [0.25, 0.3) is 0 Å². The molecule has 1 aliphatic rings. The highest BCUT2D eigenvalue weighted by Crippen LogP contribution is 2.32. The lowest BCUT2D eigenvalue weighted by molar-refractivity contribution is 0.0382. The van der Waals surface area contributed by atoms with Gasteiger partial charge in [-0.15, -0.1) is 6.58 Å². The predicted octanol–water partition coefficient (Wildman–Crippen LogP) is 2.11. The van der Waals surface area contributed by atoms with Gasteiger partial charge >= 0.3 is 0 Å². The van der Waals surface area contributed by atoms with Gasteiger partial charge in [0.25, 0.3) is 0 Å². The van der Waals surface area contributed by atoms with Crippen LogP contribution in [0.3, 0.4) is 0 Å². The molecule has 1 saturated carbocycles. The Kier molecular flexibility index (Phi) is 2.14. The molecule has 1 heteroatoms. The van der Waals surface area contributed by atoms with Crippen molar-refractivity contribution in [2.45, 2.75) is 38.2 Å². The Morgan fingerprint density at radius 2 is 2.00 bits per heavy atom.